The maximum atomic E-state index is 12.4. The first kappa shape index (κ1) is 18.9. The van der Waals surface area contributed by atoms with Crippen LogP contribution in [0.25, 0.3) is 10.9 Å². The lowest BCUT2D eigenvalue weighted by Gasteiger charge is -2.14. The van der Waals surface area contributed by atoms with Gasteiger partial charge < -0.3 is 10.1 Å². The molecule has 1 aromatic heterocycles. The van der Waals surface area contributed by atoms with Gasteiger partial charge in [-0.3, -0.25) is 9.78 Å². The van der Waals surface area contributed by atoms with E-state index in [1.807, 2.05) is 38.1 Å². The predicted molar refractivity (Wildman–Crippen MR) is 98.5 cm³/mol. The van der Waals surface area contributed by atoms with Crippen LogP contribution in [0.3, 0.4) is 0 Å². The maximum absolute atomic E-state index is 12.4. The van der Waals surface area contributed by atoms with E-state index in [-0.39, 0.29) is 18.6 Å². The van der Waals surface area contributed by atoms with Crippen molar-refractivity contribution in [3.63, 3.8) is 0 Å². The van der Waals surface area contributed by atoms with Gasteiger partial charge in [0, 0.05) is 17.1 Å². The summed E-state index contributed by atoms with van der Waals surface area (Å²) in [5, 5.41) is 3.59. The van der Waals surface area contributed by atoms with Gasteiger partial charge in [0.1, 0.15) is 0 Å². The molecule has 0 bridgehead atoms. The van der Waals surface area contributed by atoms with Gasteiger partial charge in [0.05, 0.1) is 11.1 Å². The van der Waals surface area contributed by atoms with Crippen LogP contribution < -0.4 is 5.32 Å². The van der Waals surface area contributed by atoms with Crippen molar-refractivity contribution in [3.05, 3.63) is 41.6 Å². The first-order chi connectivity index (χ1) is 12.0. The molecule has 1 aromatic carbocycles. The normalized spacial score (nSPS) is 12.0. The fraction of sp³-hybridized carbons (Fsp3) is 0.450. The predicted octanol–water partition coefficient (Wildman–Crippen LogP) is 3.79. The Bertz CT molecular complexity index is 743. The summed E-state index contributed by atoms with van der Waals surface area (Å²) >= 11 is 0. The summed E-state index contributed by atoms with van der Waals surface area (Å²) in [6.45, 7) is 5.67. The number of aryl methyl sites for hydroxylation is 1. The van der Waals surface area contributed by atoms with Crippen LogP contribution in [0.4, 0.5) is 0 Å². The second-order valence-electron chi connectivity index (χ2n) is 6.37. The number of amides is 1. The molecule has 5 heteroatoms. The van der Waals surface area contributed by atoms with E-state index in [1.54, 1.807) is 6.07 Å². The van der Waals surface area contributed by atoms with Crippen molar-refractivity contribution in [2.45, 2.75) is 52.5 Å². The number of ether oxygens (including phenoxy) is 1. The maximum Gasteiger partial charge on any atom is 0.339 e. The Labute approximate surface area is 148 Å². The molecule has 0 aliphatic heterocycles. The molecule has 5 nitrogen and oxygen atoms in total. The summed E-state index contributed by atoms with van der Waals surface area (Å²) in [6, 6.07) is 9.17. The van der Waals surface area contributed by atoms with Gasteiger partial charge in [-0.05, 0) is 32.4 Å². The third kappa shape index (κ3) is 5.55. The molecular formula is C20H26N2O3. The first-order valence-electron chi connectivity index (χ1n) is 8.84. The molecule has 0 spiro atoms. The Kier molecular flexibility index (Phi) is 6.92. The molecule has 0 fully saturated rings. The fourth-order valence-electron chi connectivity index (χ4n) is 2.77. The van der Waals surface area contributed by atoms with Crippen LogP contribution in [-0.2, 0) is 9.53 Å². The molecule has 134 valence electrons. The summed E-state index contributed by atoms with van der Waals surface area (Å²) in [5.74, 6) is -0.775. The highest BCUT2D eigenvalue weighted by Crippen LogP contribution is 2.19. The molecule has 0 saturated carbocycles. The number of unbranched alkanes of at least 4 members (excludes halogenated alkanes) is 2. The van der Waals surface area contributed by atoms with Gasteiger partial charge in [-0.2, -0.15) is 0 Å². The molecule has 2 aromatic rings. The van der Waals surface area contributed by atoms with Crippen LogP contribution >= 0.6 is 0 Å². The second kappa shape index (κ2) is 9.16. The molecule has 2 rings (SSSR count). The van der Waals surface area contributed by atoms with Gasteiger partial charge in [0.2, 0.25) is 0 Å². The van der Waals surface area contributed by atoms with Gasteiger partial charge >= 0.3 is 5.97 Å². The monoisotopic (exact) mass is 342 g/mol. The van der Waals surface area contributed by atoms with E-state index in [9.17, 15) is 9.59 Å². The van der Waals surface area contributed by atoms with E-state index in [0.717, 1.165) is 42.3 Å². The summed E-state index contributed by atoms with van der Waals surface area (Å²) < 4.78 is 5.20. The number of aromatic nitrogens is 1. The molecule has 0 aliphatic carbocycles. The quantitative estimate of drug-likeness (QED) is 0.585. The number of para-hydroxylation sites is 1. The van der Waals surface area contributed by atoms with E-state index in [1.165, 1.54) is 0 Å². The van der Waals surface area contributed by atoms with E-state index >= 15 is 0 Å². The van der Waals surface area contributed by atoms with Gasteiger partial charge in [0.15, 0.2) is 6.61 Å². The SMILES string of the molecule is CCCCC[C@@H](C)NC(=O)COC(=O)c1cc(C)nc2ccccc12. The van der Waals surface area contributed by atoms with Crippen molar-refractivity contribution in [2.75, 3.05) is 6.61 Å². The van der Waals surface area contributed by atoms with Crippen molar-refractivity contribution >= 4 is 22.8 Å². The zero-order valence-corrected chi connectivity index (χ0v) is 15.2. The highest BCUT2D eigenvalue weighted by atomic mass is 16.5. The van der Waals surface area contributed by atoms with Crippen molar-refractivity contribution in [3.8, 4) is 0 Å². The lowest BCUT2D eigenvalue weighted by molar-refractivity contribution is -0.124. The highest BCUT2D eigenvalue weighted by molar-refractivity contribution is 6.04. The minimum atomic E-state index is -0.504. The van der Waals surface area contributed by atoms with Crippen LogP contribution in [-0.4, -0.2) is 29.5 Å². The molecule has 0 aliphatic rings. The molecule has 0 saturated heterocycles. The summed E-state index contributed by atoms with van der Waals surface area (Å²) in [4.78, 5) is 28.7. The van der Waals surface area contributed by atoms with Gasteiger partial charge in [0.25, 0.3) is 5.91 Å². The van der Waals surface area contributed by atoms with E-state index < -0.39 is 5.97 Å². The molecule has 1 N–H and O–H groups in total. The Morgan fingerprint density at radius 2 is 2.00 bits per heavy atom. The number of carbonyl (C=O) groups excluding carboxylic acids is 2. The van der Waals surface area contributed by atoms with E-state index in [4.69, 9.17) is 4.74 Å². The van der Waals surface area contributed by atoms with Crippen molar-refractivity contribution < 1.29 is 14.3 Å². The van der Waals surface area contributed by atoms with Gasteiger partial charge in [-0.1, -0.05) is 44.4 Å². The number of fused-ring (bicyclic) bond motifs is 1. The summed E-state index contributed by atoms with van der Waals surface area (Å²) in [5.41, 5.74) is 1.91. The lowest BCUT2D eigenvalue weighted by Crippen LogP contribution is -2.35. The van der Waals surface area contributed by atoms with Crippen LogP contribution in [0.15, 0.2) is 30.3 Å². The van der Waals surface area contributed by atoms with Crippen LogP contribution in [0.5, 0.6) is 0 Å². The van der Waals surface area contributed by atoms with Crippen molar-refractivity contribution in [1.82, 2.24) is 10.3 Å². The second-order valence-corrected chi connectivity index (χ2v) is 6.37. The van der Waals surface area contributed by atoms with Crippen LogP contribution in [0, 0.1) is 6.92 Å². The summed E-state index contributed by atoms with van der Waals surface area (Å²) in [7, 11) is 0. The number of benzene rings is 1. The third-order valence-electron chi connectivity index (χ3n) is 4.05. The molecule has 1 amide bonds. The number of pyridine rings is 1. The molecule has 1 heterocycles. The van der Waals surface area contributed by atoms with E-state index in [0.29, 0.717) is 5.56 Å². The number of carbonyl (C=O) groups is 2. The van der Waals surface area contributed by atoms with E-state index in [2.05, 4.69) is 17.2 Å². The Morgan fingerprint density at radius 3 is 2.76 bits per heavy atom. The number of esters is 1. The minimum absolute atomic E-state index is 0.0850. The molecule has 25 heavy (non-hydrogen) atoms. The molecule has 0 unspecified atom stereocenters. The number of nitrogens with one attached hydrogen (secondary N) is 1. The standard InChI is InChI=1S/C20H26N2O3/c1-4-5-6-9-14(2)22-19(23)13-25-20(24)17-12-15(3)21-18-11-8-7-10-16(17)18/h7-8,10-12,14H,4-6,9,13H2,1-3H3,(H,22,23)/t14-/m1/s1. The number of hydrogen-bond acceptors (Lipinski definition) is 4. The number of nitrogens with zero attached hydrogens (tertiary/aromatic N) is 1. The first-order valence-corrected chi connectivity index (χ1v) is 8.84. The fourth-order valence-corrected chi connectivity index (χ4v) is 2.77. The smallest absolute Gasteiger partial charge is 0.339 e. The topological polar surface area (TPSA) is 68.3 Å². The molecule has 0 radical (unpaired) electrons. The lowest BCUT2D eigenvalue weighted by atomic mass is 10.1. The Balaban J connectivity index is 1.93. The third-order valence-corrected chi connectivity index (χ3v) is 4.05. The zero-order valence-electron chi connectivity index (χ0n) is 15.2. The number of hydrogen-bond donors (Lipinski definition) is 1. The summed E-state index contributed by atoms with van der Waals surface area (Å²) in [6.07, 6.45) is 4.32. The largest absolute Gasteiger partial charge is 0.452 e. The van der Waals surface area contributed by atoms with Gasteiger partial charge in [-0.25, -0.2) is 4.79 Å². The minimum Gasteiger partial charge on any atom is -0.452 e. The average Bonchev–Trinajstić information content (AvgIpc) is 2.59. The van der Waals surface area contributed by atoms with Gasteiger partial charge in [-0.15, -0.1) is 0 Å². The van der Waals surface area contributed by atoms with Crippen molar-refractivity contribution in [2.24, 2.45) is 0 Å². The van der Waals surface area contributed by atoms with Crippen LogP contribution in [0.2, 0.25) is 0 Å². The molecular weight excluding hydrogens is 316 g/mol. The highest BCUT2D eigenvalue weighted by Gasteiger charge is 2.15. The van der Waals surface area contributed by atoms with Crippen molar-refractivity contribution in [1.29, 1.82) is 0 Å². The van der Waals surface area contributed by atoms with Crippen LogP contribution in [0.1, 0.15) is 55.6 Å². The Morgan fingerprint density at radius 1 is 1.24 bits per heavy atom. The molecule has 1 atom stereocenters. The zero-order chi connectivity index (χ0) is 18.2. The number of rotatable bonds is 8. The average molecular weight is 342 g/mol. The Hall–Kier alpha value is -2.43.